The van der Waals surface area contributed by atoms with E-state index in [9.17, 15) is 9.59 Å². The van der Waals surface area contributed by atoms with Gasteiger partial charge in [-0.3, -0.25) is 18.8 Å². The van der Waals surface area contributed by atoms with Crippen LogP contribution in [0.4, 0.5) is 5.69 Å². The molecule has 3 aromatic heterocycles. The molecule has 0 aliphatic carbocycles. The van der Waals surface area contributed by atoms with Crippen LogP contribution in [0.3, 0.4) is 0 Å². The van der Waals surface area contributed by atoms with Crippen LogP contribution in [0.5, 0.6) is 0 Å². The number of amides is 1. The number of nitrogens with one attached hydrogen (secondary N) is 1. The molecule has 1 aliphatic heterocycles. The van der Waals surface area contributed by atoms with E-state index in [2.05, 4.69) is 15.4 Å². The van der Waals surface area contributed by atoms with E-state index in [-0.39, 0.29) is 11.5 Å². The number of aryl methyl sites for hydroxylation is 3. The van der Waals surface area contributed by atoms with E-state index in [1.807, 2.05) is 57.4 Å². The third kappa shape index (κ3) is 3.84. The molecule has 0 spiro atoms. The second-order valence-corrected chi connectivity index (χ2v) is 9.26. The van der Waals surface area contributed by atoms with Gasteiger partial charge in [-0.25, -0.2) is 4.99 Å². The minimum Gasteiger partial charge on any atom is -0.464 e. The van der Waals surface area contributed by atoms with Crippen LogP contribution >= 0.6 is 11.3 Å². The zero-order valence-electron chi connectivity index (χ0n) is 19.2. The van der Waals surface area contributed by atoms with Crippen molar-refractivity contribution in [2.45, 2.75) is 26.8 Å². The number of thiazole rings is 1. The molecule has 34 heavy (non-hydrogen) atoms. The van der Waals surface area contributed by atoms with Gasteiger partial charge in [0.15, 0.2) is 4.80 Å². The van der Waals surface area contributed by atoms with Crippen molar-refractivity contribution in [1.29, 1.82) is 0 Å². The summed E-state index contributed by atoms with van der Waals surface area (Å²) in [5.41, 5.74) is 3.13. The number of carbonyl (C=O) groups is 1. The number of para-hydroxylation sites is 1. The number of hydrogen-bond acceptors (Lipinski definition) is 6. The molecule has 1 unspecified atom stereocenters. The number of fused-ring (bicyclic) bond motifs is 1. The fourth-order valence-electron chi connectivity index (χ4n) is 4.05. The number of anilines is 1. The molecule has 4 aromatic rings. The van der Waals surface area contributed by atoms with Crippen LogP contribution < -0.4 is 20.2 Å². The highest BCUT2D eigenvalue weighted by atomic mass is 32.1. The Morgan fingerprint density at radius 2 is 1.97 bits per heavy atom. The summed E-state index contributed by atoms with van der Waals surface area (Å²) in [5.74, 6) is 0.882. The lowest BCUT2D eigenvalue weighted by atomic mass is 10.00. The van der Waals surface area contributed by atoms with Gasteiger partial charge in [-0.2, -0.15) is 5.10 Å². The topological polar surface area (TPSA) is 94.4 Å². The highest BCUT2D eigenvalue weighted by Gasteiger charge is 2.34. The Labute approximate surface area is 199 Å². The number of furan rings is 1. The summed E-state index contributed by atoms with van der Waals surface area (Å²) in [6.07, 6.45) is 5.31. The van der Waals surface area contributed by atoms with Gasteiger partial charge in [-0.05, 0) is 50.6 Å². The molecule has 4 heterocycles. The third-order valence-electron chi connectivity index (χ3n) is 5.71. The zero-order valence-corrected chi connectivity index (χ0v) is 20.0. The number of nitrogens with zero attached hydrogens (tertiary/aromatic N) is 4. The molecule has 0 bridgehead atoms. The first-order chi connectivity index (χ1) is 16.3. The highest BCUT2D eigenvalue weighted by molar-refractivity contribution is 7.07. The monoisotopic (exact) mass is 473 g/mol. The van der Waals surface area contributed by atoms with E-state index in [1.54, 1.807) is 34.5 Å². The zero-order chi connectivity index (χ0) is 24.0. The fourth-order valence-corrected chi connectivity index (χ4v) is 5.10. The molecule has 1 amide bonds. The Kier molecular flexibility index (Phi) is 5.41. The lowest BCUT2D eigenvalue weighted by Crippen LogP contribution is -2.40. The first-order valence-corrected chi connectivity index (χ1v) is 11.6. The van der Waals surface area contributed by atoms with Crippen molar-refractivity contribution < 1.29 is 9.21 Å². The van der Waals surface area contributed by atoms with E-state index in [1.165, 1.54) is 11.3 Å². The molecular weight excluding hydrogens is 450 g/mol. The van der Waals surface area contributed by atoms with Gasteiger partial charge in [0.1, 0.15) is 17.6 Å². The van der Waals surface area contributed by atoms with Crippen LogP contribution in [-0.4, -0.2) is 20.3 Å². The van der Waals surface area contributed by atoms with Crippen LogP contribution in [0.2, 0.25) is 0 Å². The normalized spacial score (nSPS) is 15.9. The first-order valence-electron chi connectivity index (χ1n) is 10.8. The molecule has 0 saturated heterocycles. The summed E-state index contributed by atoms with van der Waals surface area (Å²) in [4.78, 5) is 32.3. The van der Waals surface area contributed by atoms with Gasteiger partial charge < -0.3 is 9.73 Å². The molecule has 1 N–H and O–H groups in total. The van der Waals surface area contributed by atoms with E-state index in [0.29, 0.717) is 37.8 Å². The predicted molar refractivity (Wildman–Crippen MR) is 130 cm³/mol. The Morgan fingerprint density at radius 1 is 1.18 bits per heavy atom. The van der Waals surface area contributed by atoms with Crippen molar-refractivity contribution in [2.24, 2.45) is 12.0 Å². The Balaban J connectivity index is 1.67. The minimum atomic E-state index is -0.731. The summed E-state index contributed by atoms with van der Waals surface area (Å²) < 4.78 is 9.66. The lowest BCUT2D eigenvalue weighted by molar-refractivity contribution is -0.113. The average molecular weight is 474 g/mol. The smallest absolute Gasteiger partial charge is 0.271 e. The quantitative estimate of drug-likeness (QED) is 0.493. The number of benzene rings is 1. The second kappa shape index (κ2) is 8.42. The molecule has 8 nitrogen and oxygen atoms in total. The van der Waals surface area contributed by atoms with Crippen LogP contribution in [0, 0.1) is 13.8 Å². The fraction of sp³-hybridized carbons (Fsp3) is 0.200. The first kappa shape index (κ1) is 21.8. The lowest BCUT2D eigenvalue weighted by Gasteiger charge is -2.23. The molecule has 1 aromatic carbocycles. The van der Waals surface area contributed by atoms with Crippen molar-refractivity contribution in [3.63, 3.8) is 0 Å². The van der Waals surface area contributed by atoms with E-state index < -0.39 is 6.04 Å². The predicted octanol–water partition coefficient (Wildman–Crippen LogP) is 2.82. The molecule has 1 atom stereocenters. The van der Waals surface area contributed by atoms with Crippen molar-refractivity contribution in [3.8, 4) is 0 Å². The van der Waals surface area contributed by atoms with Gasteiger partial charge in [-0.15, -0.1) is 0 Å². The standard InChI is InChI=1S/C25H23N5O3S/c1-14-7-5-6-8-18(14)28-23(31)21-16(3)27-25-30(22(21)19-10-9-15(2)33-19)24(32)20(34-25)11-17-12-26-29(4)13-17/h5-13,22H,1-4H3,(H,28,31)/b20-11+. The molecular formula is C25H23N5O3S. The SMILES string of the molecule is CC1=C(C(=O)Nc2ccccc2C)C(c2ccc(C)o2)n2c(s/c(=C/c3cnn(C)c3)c2=O)=N1. The summed E-state index contributed by atoms with van der Waals surface area (Å²) in [5, 5.41) is 7.15. The van der Waals surface area contributed by atoms with Crippen LogP contribution in [0.1, 0.15) is 35.6 Å². The van der Waals surface area contributed by atoms with Gasteiger partial charge >= 0.3 is 0 Å². The van der Waals surface area contributed by atoms with Crippen LogP contribution in [0.15, 0.2) is 74.3 Å². The van der Waals surface area contributed by atoms with Gasteiger partial charge in [-0.1, -0.05) is 29.5 Å². The molecule has 0 radical (unpaired) electrons. The molecule has 5 rings (SSSR count). The Hall–Kier alpha value is -3.98. The van der Waals surface area contributed by atoms with Gasteiger partial charge in [0, 0.05) is 24.5 Å². The van der Waals surface area contributed by atoms with Crippen LogP contribution in [0.25, 0.3) is 6.08 Å². The van der Waals surface area contributed by atoms with Crippen molar-refractivity contribution in [1.82, 2.24) is 14.3 Å². The highest BCUT2D eigenvalue weighted by Crippen LogP contribution is 2.32. The number of carbonyl (C=O) groups excluding carboxylic acids is 1. The van der Waals surface area contributed by atoms with Crippen molar-refractivity contribution in [3.05, 3.63) is 102 Å². The van der Waals surface area contributed by atoms with Crippen molar-refractivity contribution >= 4 is 29.0 Å². The maximum absolute atomic E-state index is 13.6. The maximum atomic E-state index is 13.6. The number of rotatable bonds is 4. The number of hydrogen-bond donors (Lipinski definition) is 1. The second-order valence-electron chi connectivity index (χ2n) is 8.25. The number of allylic oxidation sites excluding steroid dienone is 1. The summed E-state index contributed by atoms with van der Waals surface area (Å²) in [6, 6.07) is 10.5. The molecule has 0 saturated carbocycles. The molecule has 172 valence electrons. The van der Waals surface area contributed by atoms with Gasteiger partial charge in [0.05, 0.1) is 22.0 Å². The third-order valence-corrected chi connectivity index (χ3v) is 6.70. The van der Waals surface area contributed by atoms with Crippen molar-refractivity contribution in [2.75, 3.05) is 5.32 Å². The van der Waals surface area contributed by atoms with Gasteiger partial charge in [0.25, 0.3) is 11.5 Å². The minimum absolute atomic E-state index is 0.236. The Morgan fingerprint density at radius 3 is 2.65 bits per heavy atom. The number of aromatic nitrogens is 3. The molecule has 9 heteroatoms. The average Bonchev–Trinajstić information content (AvgIpc) is 3.48. The van der Waals surface area contributed by atoms with Crippen LogP contribution in [-0.2, 0) is 11.8 Å². The largest absolute Gasteiger partial charge is 0.464 e. The Bertz CT molecular complexity index is 1630. The summed E-state index contributed by atoms with van der Waals surface area (Å²) in [6.45, 7) is 5.55. The maximum Gasteiger partial charge on any atom is 0.271 e. The van der Waals surface area contributed by atoms with E-state index in [0.717, 1.165) is 11.1 Å². The van der Waals surface area contributed by atoms with E-state index in [4.69, 9.17) is 4.42 Å². The van der Waals surface area contributed by atoms with E-state index >= 15 is 0 Å². The summed E-state index contributed by atoms with van der Waals surface area (Å²) >= 11 is 1.28. The molecule has 1 aliphatic rings. The van der Waals surface area contributed by atoms with Gasteiger partial charge in [0.2, 0.25) is 0 Å². The molecule has 0 fully saturated rings. The summed E-state index contributed by atoms with van der Waals surface area (Å²) in [7, 11) is 1.82.